The highest BCUT2D eigenvalue weighted by Crippen LogP contribution is 2.37. The fraction of sp³-hybridized carbons (Fsp3) is 0.524. The molecule has 180 valence electrons. The maximum absolute atomic E-state index is 12.1. The number of sulfone groups is 1. The summed E-state index contributed by atoms with van der Waals surface area (Å²) in [6.07, 6.45) is 5.90. The van der Waals surface area contributed by atoms with Crippen molar-refractivity contribution in [3.05, 3.63) is 30.2 Å². The molecule has 2 aliphatic heterocycles. The third kappa shape index (κ3) is 5.30. The van der Waals surface area contributed by atoms with Crippen molar-refractivity contribution < 1.29 is 22.7 Å². The minimum Gasteiger partial charge on any atom is -0.474 e. The van der Waals surface area contributed by atoms with Gasteiger partial charge in [-0.25, -0.2) is 28.2 Å². The summed E-state index contributed by atoms with van der Waals surface area (Å²) < 4.78 is 34.7. The SMILES string of the molecule is CCOC(=O)N1CCC(Oc2ncnc3c2CCN3c2ccc(S(C)(=O)=O)nc2)CC1C.Cl. The van der Waals surface area contributed by atoms with Gasteiger partial charge in [-0.15, -0.1) is 12.4 Å². The van der Waals surface area contributed by atoms with E-state index in [0.29, 0.717) is 44.8 Å². The van der Waals surface area contributed by atoms with Crippen molar-refractivity contribution in [3.63, 3.8) is 0 Å². The summed E-state index contributed by atoms with van der Waals surface area (Å²) in [5.41, 5.74) is 1.68. The van der Waals surface area contributed by atoms with Gasteiger partial charge in [-0.1, -0.05) is 0 Å². The average Bonchev–Trinajstić information content (AvgIpc) is 3.19. The van der Waals surface area contributed by atoms with E-state index in [2.05, 4.69) is 15.0 Å². The molecule has 33 heavy (non-hydrogen) atoms. The zero-order chi connectivity index (χ0) is 22.9. The number of carbonyl (C=O) groups excluding carboxylic acids is 1. The first kappa shape index (κ1) is 25.0. The van der Waals surface area contributed by atoms with Crippen LogP contribution in [0.2, 0.25) is 0 Å². The van der Waals surface area contributed by atoms with Gasteiger partial charge in [0.05, 0.1) is 24.1 Å². The number of hydrogen-bond donors (Lipinski definition) is 0. The lowest BCUT2D eigenvalue weighted by molar-refractivity contribution is 0.0433. The number of halogens is 1. The van der Waals surface area contributed by atoms with Crippen LogP contribution in [0.4, 0.5) is 16.3 Å². The number of likely N-dealkylation sites (tertiary alicyclic amines) is 1. The standard InChI is InChI=1S/C21H27N5O5S.ClH/c1-4-30-21(27)25-9-7-16(11-14(25)2)31-20-17-8-10-26(19(17)23-13-24-20)15-5-6-18(22-12-15)32(3,28)29;/h5-6,12-14,16H,4,7-11H2,1-3H3;1H. The zero-order valence-corrected chi connectivity index (χ0v) is 20.4. The minimum absolute atomic E-state index is 0. The van der Waals surface area contributed by atoms with Crippen molar-refractivity contribution in [3.8, 4) is 5.88 Å². The average molecular weight is 498 g/mol. The van der Waals surface area contributed by atoms with E-state index in [1.807, 2.05) is 11.8 Å². The van der Waals surface area contributed by atoms with Gasteiger partial charge in [0.1, 0.15) is 18.2 Å². The van der Waals surface area contributed by atoms with Gasteiger partial charge < -0.3 is 19.3 Å². The molecule has 2 aromatic heterocycles. The smallest absolute Gasteiger partial charge is 0.409 e. The largest absolute Gasteiger partial charge is 0.474 e. The molecule has 1 amide bonds. The quantitative estimate of drug-likeness (QED) is 0.614. The molecule has 2 atom stereocenters. The van der Waals surface area contributed by atoms with E-state index in [0.717, 1.165) is 23.3 Å². The number of ether oxygens (including phenoxy) is 2. The number of anilines is 2. The topological polar surface area (TPSA) is 115 Å². The summed E-state index contributed by atoms with van der Waals surface area (Å²) in [5, 5.41) is 0.0376. The van der Waals surface area contributed by atoms with Crippen LogP contribution in [0.1, 0.15) is 32.3 Å². The predicted octanol–water partition coefficient (Wildman–Crippen LogP) is 2.78. The Labute approximate surface area is 199 Å². The first-order valence-electron chi connectivity index (χ1n) is 10.7. The Hall–Kier alpha value is -2.66. The van der Waals surface area contributed by atoms with E-state index >= 15 is 0 Å². The van der Waals surface area contributed by atoms with Gasteiger partial charge in [0.15, 0.2) is 14.9 Å². The number of piperidine rings is 1. The van der Waals surface area contributed by atoms with Crippen molar-refractivity contribution in [2.75, 3.05) is 30.9 Å². The van der Waals surface area contributed by atoms with Gasteiger partial charge in [-0.2, -0.15) is 0 Å². The molecule has 1 fully saturated rings. The second kappa shape index (κ2) is 10.1. The highest BCUT2D eigenvalue weighted by Gasteiger charge is 2.33. The molecular formula is C21H28ClN5O5S. The van der Waals surface area contributed by atoms with E-state index in [4.69, 9.17) is 9.47 Å². The van der Waals surface area contributed by atoms with Crippen LogP contribution in [0.5, 0.6) is 5.88 Å². The Balaban J connectivity index is 0.00000306. The second-order valence-electron chi connectivity index (χ2n) is 8.01. The Kier molecular flexibility index (Phi) is 7.63. The molecule has 0 radical (unpaired) electrons. The van der Waals surface area contributed by atoms with Gasteiger partial charge in [-0.3, -0.25) is 0 Å². The van der Waals surface area contributed by atoms with E-state index in [9.17, 15) is 13.2 Å². The number of pyridine rings is 1. The van der Waals surface area contributed by atoms with Crippen LogP contribution in [0.3, 0.4) is 0 Å². The third-order valence-electron chi connectivity index (χ3n) is 5.75. The Morgan fingerprint density at radius 3 is 2.64 bits per heavy atom. The number of fused-ring (bicyclic) bond motifs is 1. The molecule has 2 aliphatic rings. The van der Waals surface area contributed by atoms with Crippen molar-refractivity contribution in [2.45, 2.75) is 50.3 Å². The lowest BCUT2D eigenvalue weighted by atomic mass is 10.0. The number of hydrogen-bond acceptors (Lipinski definition) is 9. The molecule has 12 heteroatoms. The van der Waals surface area contributed by atoms with E-state index < -0.39 is 9.84 Å². The van der Waals surface area contributed by atoms with Crippen molar-refractivity contribution in [2.24, 2.45) is 0 Å². The summed E-state index contributed by atoms with van der Waals surface area (Å²) >= 11 is 0. The highest BCUT2D eigenvalue weighted by atomic mass is 35.5. The zero-order valence-electron chi connectivity index (χ0n) is 18.8. The molecule has 10 nitrogen and oxygen atoms in total. The number of nitrogens with zero attached hydrogens (tertiary/aromatic N) is 5. The molecule has 0 bridgehead atoms. The van der Waals surface area contributed by atoms with Gasteiger partial charge in [-0.05, 0) is 32.4 Å². The third-order valence-corrected chi connectivity index (χ3v) is 6.75. The van der Waals surface area contributed by atoms with Crippen LogP contribution in [-0.2, 0) is 21.0 Å². The molecule has 0 N–H and O–H groups in total. The summed E-state index contributed by atoms with van der Waals surface area (Å²) in [4.78, 5) is 28.7. The summed E-state index contributed by atoms with van der Waals surface area (Å²) in [6.45, 7) is 5.39. The molecule has 4 rings (SSSR count). The summed E-state index contributed by atoms with van der Waals surface area (Å²) in [5.74, 6) is 1.29. The molecule has 0 aliphatic carbocycles. The van der Waals surface area contributed by atoms with E-state index in [1.165, 1.54) is 12.4 Å². The van der Waals surface area contributed by atoms with Crippen LogP contribution in [0.25, 0.3) is 0 Å². The predicted molar refractivity (Wildman–Crippen MR) is 124 cm³/mol. The fourth-order valence-corrected chi connectivity index (χ4v) is 4.70. The first-order chi connectivity index (χ1) is 15.3. The lowest BCUT2D eigenvalue weighted by Gasteiger charge is -2.36. The normalized spacial score (nSPS) is 20.1. The minimum atomic E-state index is -3.35. The van der Waals surface area contributed by atoms with E-state index in [-0.39, 0.29) is 35.7 Å². The first-order valence-corrected chi connectivity index (χ1v) is 12.5. The van der Waals surface area contributed by atoms with Crippen LogP contribution < -0.4 is 9.64 Å². The summed E-state index contributed by atoms with van der Waals surface area (Å²) in [6, 6.07) is 3.24. The Morgan fingerprint density at radius 2 is 2.00 bits per heavy atom. The highest BCUT2D eigenvalue weighted by molar-refractivity contribution is 7.90. The monoisotopic (exact) mass is 497 g/mol. The molecule has 0 spiro atoms. The van der Waals surface area contributed by atoms with Crippen LogP contribution in [0.15, 0.2) is 29.7 Å². The van der Waals surface area contributed by atoms with Crippen molar-refractivity contribution in [1.29, 1.82) is 0 Å². The Morgan fingerprint density at radius 1 is 1.21 bits per heavy atom. The molecule has 2 unspecified atom stereocenters. The van der Waals surface area contributed by atoms with Gasteiger partial charge >= 0.3 is 6.09 Å². The van der Waals surface area contributed by atoms with Crippen LogP contribution in [-0.4, -0.2) is 72.5 Å². The number of rotatable bonds is 5. The molecule has 0 aromatic carbocycles. The van der Waals surface area contributed by atoms with Crippen molar-refractivity contribution in [1.82, 2.24) is 19.9 Å². The maximum atomic E-state index is 12.1. The maximum Gasteiger partial charge on any atom is 0.409 e. The molecule has 2 aromatic rings. The van der Waals surface area contributed by atoms with Crippen LogP contribution in [0, 0.1) is 0 Å². The summed E-state index contributed by atoms with van der Waals surface area (Å²) in [7, 11) is -3.35. The molecule has 1 saturated heterocycles. The van der Waals surface area contributed by atoms with E-state index in [1.54, 1.807) is 24.1 Å². The molecular weight excluding hydrogens is 470 g/mol. The van der Waals surface area contributed by atoms with Gasteiger partial charge in [0.2, 0.25) is 5.88 Å². The van der Waals surface area contributed by atoms with Gasteiger partial charge in [0, 0.05) is 38.2 Å². The lowest BCUT2D eigenvalue weighted by Crippen LogP contribution is -2.47. The van der Waals surface area contributed by atoms with Crippen molar-refractivity contribution >= 4 is 39.8 Å². The fourth-order valence-electron chi connectivity index (χ4n) is 4.14. The molecule has 0 saturated carbocycles. The number of amides is 1. The number of aromatic nitrogens is 3. The molecule has 4 heterocycles. The van der Waals surface area contributed by atoms with Gasteiger partial charge in [0.25, 0.3) is 0 Å². The van der Waals surface area contributed by atoms with Crippen LogP contribution >= 0.6 is 12.4 Å². The number of carbonyl (C=O) groups is 1. The Bertz CT molecular complexity index is 1100. The second-order valence-corrected chi connectivity index (χ2v) is 9.98.